The molecule has 1 fully saturated rings. The molecule has 0 saturated carbocycles. The van der Waals surface area contributed by atoms with Crippen LogP contribution in [0.3, 0.4) is 0 Å². The highest BCUT2D eigenvalue weighted by molar-refractivity contribution is 6.29. The number of aromatic nitrogens is 1. The Balaban J connectivity index is 1.83. The molecule has 1 saturated heterocycles. The molecule has 0 spiro atoms. The van der Waals surface area contributed by atoms with Crippen LogP contribution >= 0.6 is 11.6 Å². The van der Waals surface area contributed by atoms with E-state index in [-0.39, 0.29) is 17.6 Å². The van der Waals surface area contributed by atoms with Crippen LogP contribution in [0, 0.1) is 0 Å². The molecule has 1 aromatic heterocycles. The molecule has 6 nitrogen and oxygen atoms in total. The van der Waals surface area contributed by atoms with E-state index in [0.29, 0.717) is 36.6 Å². The first-order valence-corrected chi connectivity index (χ1v) is 8.02. The molecular formula is C16H22ClN3O3. The number of hydrogen-bond acceptors (Lipinski definition) is 4. The molecule has 0 unspecified atom stereocenters. The number of nitrogens with zero attached hydrogens (tertiary/aromatic N) is 2. The molecule has 2 rings (SSSR count). The van der Waals surface area contributed by atoms with Crippen molar-refractivity contribution in [2.45, 2.75) is 45.3 Å². The van der Waals surface area contributed by atoms with E-state index in [4.69, 9.17) is 16.3 Å². The third-order valence-electron chi connectivity index (χ3n) is 3.45. The largest absolute Gasteiger partial charge is 0.446 e. The van der Waals surface area contributed by atoms with Crippen LogP contribution in [0.1, 0.15) is 44.0 Å². The molecule has 1 aliphatic rings. The Hall–Kier alpha value is -1.82. The van der Waals surface area contributed by atoms with E-state index in [2.05, 4.69) is 10.3 Å². The molecule has 126 valence electrons. The molecule has 0 bridgehead atoms. The maximum atomic E-state index is 12.4. The molecule has 0 radical (unpaired) electrons. The third kappa shape index (κ3) is 5.39. The fourth-order valence-corrected chi connectivity index (χ4v) is 2.46. The quantitative estimate of drug-likeness (QED) is 0.841. The fraction of sp³-hybridized carbons (Fsp3) is 0.562. The zero-order valence-electron chi connectivity index (χ0n) is 13.6. The van der Waals surface area contributed by atoms with Crippen molar-refractivity contribution in [2.75, 3.05) is 13.1 Å². The lowest BCUT2D eigenvalue weighted by molar-refractivity contribution is 0.0404. The van der Waals surface area contributed by atoms with Gasteiger partial charge in [0.25, 0.3) is 5.91 Å². The smallest absolute Gasteiger partial charge is 0.407 e. The number of nitrogens with one attached hydrogen (secondary N) is 1. The van der Waals surface area contributed by atoms with Crippen LogP contribution in [0.4, 0.5) is 4.79 Å². The lowest BCUT2D eigenvalue weighted by Crippen LogP contribution is -2.45. The minimum atomic E-state index is -0.413. The van der Waals surface area contributed by atoms with Crippen molar-refractivity contribution in [1.29, 1.82) is 0 Å². The first kappa shape index (κ1) is 17.5. The van der Waals surface area contributed by atoms with Crippen molar-refractivity contribution in [1.82, 2.24) is 15.2 Å². The first-order chi connectivity index (χ1) is 10.7. The number of piperidine rings is 1. The van der Waals surface area contributed by atoms with E-state index in [1.165, 1.54) is 6.20 Å². The number of rotatable bonds is 2. The Morgan fingerprint density at radius 2 is 1.96 bits per heavy atom. The Morgan fingerprint density at radius 1 is 1.30 bits per heavy atom. The van der Waals surface area contributed by atoms with E-state index in [0.717, 1.165) is 0 Å². The number of hydrogen-bond donors (Lipinski definition) is 1. The number of likely N-dealkylation sites (tertiary alicyclic amines) is 1. The highest BCUT2D eigenvalue weighted by atomic mass is 35.5. The van der Waals surface area contributed by atoms with Crippen LogP contribution in [0.2, 0.25) is 5.15 Å². The summed E-state index contributed by atoms with van der Waals surface area (Å²) in [6, 6.07) is 3.26. The van der Waals surface area contributed by atoms with Crippen molar-refractivity contribution in [3.8, 4) is 0 Å². The normalized spacial score (nSPS) is 16.1. The molecule has 1 aromatic rings. The second-order valence-electron chi connectivity index (χ2n) is 6.64. The molecule has 2 heterocycles. The molecule has 23 heavy (non-hydrogen) atoms. The van der Waals surface area contributed by atoms with Gasteiger partial charge in [-0.3, -0.25) is 4.79 Å². The minimum Gasteiger partial charge on any atom is -0.446 e. The third-order valence-corrected chi connectivity index (χ3v) is 3.68. The molecule has 1 N–H and O–H groups in total. The molecule has 1 aliphatic heterocycles. The summed E-state index contributed by atoms with van der Waals surface area (Å²) in [4.78, 5) is 29.8. The van der Waals surface area contributed by atoms with Crippen molar-refractivity contribution >= 4 is 23.6 Å². The number of carbonyl (C=O) groups excluding carboxylic acids is 2. The van der Waals surface area contributed by atoms with Crippen LogP contribution in [0.5, 0.6) is 0 Å². The standard InChI is InChI=1S/C16H22ClN3O3/c1-16(2,3)19-15(22)23-12-6-8-20(9-7-12)14(21)11-4-5-13(17)18-10-11/h4-5,10,12H,6-9H2,1-3H3,(H,19,22). The number of alkyl carbamates (subject to hydrolysis) is 1. The Labute approximate surface area is 141 Å². The number of carbonyl (C=O) groups is 2. The van der Waals surface area contributed by atoms with Crippen molar-refractivity contribution in [2.24, 2.45) is 0 Å². The lowest BCUT2D eigenvalue weighted by Gasteiger charge is -2.32. The molecule has 2 amide bonds. The second kappa shape index (κ2) is 7.17. The average molecular weight is 340 g/mol. The van der Waals surface area contributed by atoms with Gasteiger partial charge >= 0.3 is 6.09 Å². The number of ether oxygens (including phenoxy) is 1. The van der Waals surface area contributed by atoms with E-state index in [9.17, 15) is 9.59 Å². The van der Waals surface area contributed by atoms with E-state index >= 15 is 0 Å². The number of halogens is 1. The highest BCUT2D eigenvalue weighted by Crippen LogP contribution is 2.17. The van der Waals surface area contributed by atoms with Gasteiger partial charge in [-0.1, -0.05) is 11.6 Å². The Kier molecular flexibility index (Phi) is 5.46. The van der Waals surface area contributed by atoms with E-state index in [1.807, 2.05) is 20.8 Å². The SMILES string of the molecule is CC(C)(C)NC(=O)OC1CCN(C(=O)c2ccc(Cl)nc2)CC1. The van der Waals surface area contributed by atoms with Gasteiger partial charge < -0.3 is 15.0 Å². The van der Waals surface area contributed by atoms with Gasteiger partial charge in [0, 0.05) is 37.7 Å². The second-order valence-corrected chi connectivity index (χ2v) is 7.03. The van der Waals surface area contributed by atoms with Crippen molar-refractivity contribution in [3.63, 3.8) is 0 Å². The first-order valence-electron chi connectivity index (χ1n) is 7.64. The summed E-state index contributed by atoms with van der Waals surface area (Å²) in [6.07, 6.45) is 2.16. The summed E-state index contributed by atoms with van der Waals surface area (Å²) < 4.78 is 5.40. The Bertz CT molecular complexity index is 561. The van der Waals surface area contributed by atoms with Gasteiger partial charge in [0.15, 0.2) is 0 Å². The maximum absolute atomic E-state index is 12.4. The zero-order chi connectivity index (χ0) is 17.0. The number of amides is 2. The number of pyridine rings is 1. The van der Waals surface area contributed by atoms with E-state index < -0.39 is 6.09 Å². The van der Waals surface area contributed by atoms with Crippen LogP contribution < -0.4 is 5.32 Å². The van der Waals surface area contributed by atoms with Gasteiger partial charge in [0.05, 0.1) is 5.56 Å². The molecular weight excluding hydrogens is 318 g/mol. The summed E-state index contributed by atoms with van der Waals surface area (Å²) in [5, 5.41) is 3.13. The molecule has 7 heteroatoms. The van der Waals surface area contributed by atoms with Gasteiger partial charge in [0.2, 0.25) is 0 Å². The maximum Gasteiger partial charge on any atom is 0.407 e. The van der Waals surface area contributed by atoms with Crippen LogP contribution in [-0.4, -0.2) is 46.6 Å². The average Bonchev–Trinajstić information content (AvgIpc) is 2.46. The molecule has 0 aromatic carbocycles. The van der Waals surface area contributed by atoms with Gasteiger partial charge in [0.1, 0.15) is 11.3 Å². The zero-order valence-corrected chi connectivity index (χ0v) is 14.4. The summed E-state index contributed by atoms with van der Waals surface area (Å²) in [7, 11) is 0. The summed E-state index contributed by atoms with van der Waals surface area (Å²) in [6.45, 7) is 6.80. The van der Waals surface area contributed by atoms with Gasteiger partial charge in [-0.05, 0) is 32.9 Å². The predicted octanol–water partition coefficient (Wildman–Crippen LogP) is 2.86. The van der Waals surface area contributed by atoms with Crippen LogP contribution in [0.25, 0.3) is 0 Å². The highest BCUT2D eigenvalue weighted by Gasteiger charge is 2.27. The predicted molar refractivity (Wildman–Crippen MR) is 87.5 cm³/mol. The summed E-state index contributed by atoms with van der Waals surface area (Å²) in [5.41, 5.74) is 0.189. The van der Waals surface area contributed by atoms with Crippen molar-refractivity contribution in [3.05, 3.63) is 29.0 Å². The van der Waals surface area contributed by atoms with Crippen molar-refractivity contribution < 1.29 is 14.3 Å². The topological polar surface area (TPSA) is 71.5 Å². The van der Waals surface area contributed by atoms with E-state index in [1.54, 1.807) is 17.0 Å². The molecule has 0 atom stereocenters. The lowest BCUT2D eigenvalue weighted by atomic mass is 10.1. The van der Waals surface area contributed by atoms with Gasteiger partial charge in [-0.2, -0.15) is 0 Å². The monoisotopic (exact) mass is 339 g/mol. The van der Waals surface area contributed by atoms with Gasteiger partial charge in [-0.15, -0.1) is 0 Å². The summed E-state index contributed by atoms with van der Waals surface area (Å²) >= 11 is 5.72. The minimum absolute atomic E-state index is 0.0771. The van der Waals surface area contributed by atoms with Crippen LogP contribution in [0.15, 0.2) is 18.3 Å². The van der Waals surface area contributed by atoms with Gasteiger partial charge in [-0.25, -0.2) is 9.78 Å². The molecule has 0 aliphatic carbocycles. The fourth-order valence-electron chi connectivity index (χ4n) is 2.35. The van der Waals surface area contributed by atoms with Crippen LogP contribution in [-0.2, 0) is 4.74 Å². The summed E-state index contributed by atoms with van der Waals surface area (Å²) in [5.74, 6) is -0.0771. The Morgan fingerprint density at radius 3 is 2.48 bits per heavy atom.